The molecule has 0 aromatic heterocycles. The van der Waals surface area contributed by atoms with Crippen molar-refractivity contribution in [1.82, 2.24) is 9.21 Å². The molecular formula is C24H31N3O3S. The van der Waals surface area contributed by atoms with E-state index in [0.29, 0.717) is 37.5 Å². The van der Waals surface area contributed by atoms with Gasteiger partial charge in [-0.1, -0.05) is 36.8 Å². The Hall–Kier alpha value is -2.22. The van der Waals surface area contributed by atoms with E-state index in [9.17, 15) is 13.2 Å². The first-order chi connectivity index (χ1) is 14.9. The van der Waals surface area contributed by atoms with E-state index in [2.05, 4.69) is 19.1 Å². The molecule has 0 radical (unpaired) electrons. The Morgan fingerprint density at radius 1 is 1.03 bits per heavy atom. The van der Waals surface area contributed by atoms with Crippen LogP contribution in [0, 0.1) is 0 Å². The molecule has 1 saturated heterocycles. The van der Waals surface area contributed by atoms with Crippen LogP contribution in [0.3, 0.4) is 0 Å². The SMILES string of the molecule is C[C@H](c1ccccc1)N(C)CC(=O)N1CCc2cc(S(=O)(=O)N3CCCCC3)ccc21. The van der Waals surface area contributed by atoms with E-state index >= 15 is 0 Å². The molecule has 6 nitrogen and oxygen atoms in total. The van der Waals surface area contributed by atoms with Crippen molar-refractivity contribution in [3.63, 3.8) is 0 Å². The van der Waals surface area contributed by atoms with Crippen molar-refractivity contribution >= 4 is 21.6 Å². The van der Waals surface area contributed by atoms with Crippen LogP contribution in [0.1, 0.15) is 43.4 Å². The molecule has 1 amide bonds. The number of sulfonamides is 1. The number of amides is 1. The zero-order chi connectivity index (χ0) is 22.0. The molecule has 0 spiro atoms. The molecule has 2 aliphatic heterocycles. The third kappa shape index (κ3) is 4.54. The van der Waals surface area contributed by atoms with Gasteiger partial charge in [-0.25, -0.2) is 8.42 Å². The molecule has 2 aromatic rings. The lowest BCUT2D eigenvalue weighted by Crippen LogP contribution is -2.39. The first kappa shape index (κ1) is 22.0. The summed E-state index contributed by atoms with van der Waals surface area (Å²) >= 11 is 0. The Balaban J connectivity index is 1.47. The monoisotopic (exact) mass is 441 g/mol. The summed E-state index contributed by atoms with van der Waals surface area (Å²) in [6, 6.07) is 15.5. The number of piperidine rings is 1. The van der Waals surface area contributed by atoms with Crippen LogP contribution >= 0.6 is 0 Å². The van der Waals surface area contributed by atoms with Gasteiger partial charge in [-0.3, -0.25) is 9.69 Å². The third-order valence-electron chi connectivity index (χ3n) is 6.53. The summed E-state index contributed by atoms with van der Waals surface area (Å²) in [5.74, 6) is 0.0377. The molecule has 2 heterocycles. The van der Waals surface area contributed by atoms with Crippen LogP contribution in [0.5, 0.6) is 0 Å². The Morgan fingerprint density at radius 2 is 1.74 bits per heavy atom. The fraction of sp³-hybridized carbons (Fsp3) is 0.458. The van der Waals surface area contributed by atoms with Gasteiger partial charge in [-0.15, -0.1) is 0 Å². The molecule has 31 heavy (non-hydrogen) atoms. The summed E-state index contributed by atoms with van der Waals surface area (Å²) in [6.07, 6.45) is 3.61. The van der Waals surface area contributed by atoms with Crippen molar-refractivity contribution in [2.24, 2.45) is 0 Å². The molecule has 2 aliphatic rings. The Bertz CT molecular complexity index is 1030. The van der Waals surface area contributed by atoms with Crippen molar-refractivity contribution < 1.29 is 13.2 Å². The molecule has 7 heteroatoms. The summed E-state index contributed by atoms with van der Waals surface area (Å²) in [5, 5.41) is 0. The standard InChI is InChI=1S/C24H31N3O3S/c1-19(20-9-5-3-6-10-20)25(2)18-24(28)27-16-13-21-17-22(11-12-23(21)27)31(29,30)26-14-7-4-8-15-26/h3,5-6,9-12,17,19H,4,7-8,13-16,18H2,1-2H3/t19-/m1/s1. The number of likely N-dealkylation sites (N-methyl/N-ethyl adjacent to an activating group) is 1. The number of anilines is 1. The smallest absolute Gasteiger partial charge is 0.243 e. The van der Waals surface area contributed by atoms with Crippen molar-refractivity contribution in [2.45, 2.75) is 43.5 Å². The number of benzene rings is 2. The number of nitrogens with zero attached hydrogens (tertiary/aromatic N) is 3. The summed E-state index contributed by atoms with van der Waals surface area (Å²) in [5.41, 5.74) is 2.95. The molecule has 0 N–H and O–H groups in total. The maximum Gasteiger partial charge on any atom is 0.243 e. The normalized spacial score (nSPS) is 18.2. The van der Waals surface area contributed by atoms with Gasteiger partial charge in [0.1, 0.15) is 0 Å². The van der Waals surface area contributed by atoms with E-state index in [1.54, 1.807) is 27.4 Å². The van der Waals surface area contributed by atoms with Crippen LogP contribution < -0.4 is 4.90 Å². The van der Waals surface area contributed by atoms with Gasteiger partial charge < -0.3 is 4.90 Å². The highest BCUT2D eigenvalue weighted by molar-refractivity contribution is 7.89. The Morgan fingerprint density at radius 3 is 2.45 bits per heavy atom. The fourth-order valence-corrected chi connectivity index (χ4v) is 6.04. The lowest BCUT2D eigenvalue weighted by Gasteiger charge is -2.27. The number of hydrogen-bond donors (Lipinski definition) is 0. The number of rotatable bonds is 6. The number of carbonyl (C=O) groups is 1. The second-order valence-corrected chi connectivity index (χ2v) is 10.5. The average Bonchev–Trinajstić information content (AvgIpc) is 3.23. The summed E-state index contributed by atoms with van der Waals surface area (Å²) in [7, 11) is -1.50. The predicted octanol–water partition coefficient (Wildman–Crippen LogP) is 3.44. The molecule has 0 aliphatic carbocycles. The van der Waals surface area contributed by atoms with Crippen molar-refractivity contribution in [3.8, 4) is 0 Å². The summed E-state index contributed by atoms with van der Waals surface area (Å²) < 4.78 is 27.6. The van der Waals surface area contributed by atoms with Gasteiger partial charge in [-0.05, 0) is 62.6 Å². The first-order valence-electron chi connectivity index (χ1n) is 11.1. The topological polar surface area (TPSA) is 60.9 Å². The number of hydrogen-bond acceptors (Lipinski definition) is 4. The largest absolute Gasteiger partial charge is 0.311 e. The van der Waals surface area contributed by atoms with E-state index in [0.717, 1.165) is 30.5 Å². The van der Waals surface area contributed by atoms with Gasteiger partial charge in [0.15, 0.2) is 0 Å². The Kier molecular flexibility index (Phi) is 6.46. The van der Waals surface area contributed by atoms with Gasteiger partial charge in [0.2, 0.25) is 15.9 Å². The van der Waals surface area contributed by atoms with E-state index in [4.69, 9.17) is 0 Å². The predicted molar refractivity (Wildman–Crippen MR) is 123 cm³/mol. The number of carbonyl (C=O) groups excluding carboxylic acids is 1. The van der Waals surface area contributed by atoms with Gasteiger partial charge in [0, 0.05) is 31.4 Å². The number of fused-ring (bicyclic) bond motifs is 1. The lowest BCUT2D eigenvalue weighted by atomic mass is 10.1. The van der Waals surface area contributed by atoms with Crippen LogP contribution in [0.25, 0.3) is 0 Å². The van der Waals surface area contributed by atoms with Crippen molar-refractivity contribution in [3.05, 3.63) is 59.7 Å². The maximum absolute atomic E-state index is 13.0. The average molecular weight is 442 g/mol. The molecule has 2 aromatic carbocycles. The first-order valence-corrected chi connectivity index (χ1v) is 12.5. The minimum absolute atomic E-state index is 0.0377. The van der Waals surface area contributed by atoms with Crippen LogP contribution in [0.4, 0.5) is 5.69 Å². The minimum atomic E-state index is -3.46. The lowest BCUT2D eigenvalue weighted by molar-refractivity contribution is -0.119. The van der Waals surface area contributed by atoms with Gasteiger partial charge in [0.05, 0.1) is 11.4 Å². The van der Waals surface area contributed by atoms with Crippen LogP contribution in [-0.2, 0) is 21.2 Å². The van der Waals surface area contributed by atoms with E-state index in [1.807, 2.05) is 30.1 Å². The molecule has 1 atom stereocenters. The van der Waals surface area contributed by atoms with E-state index in [1.165, 1.54) is 5.56 Å². The van der Waals surface area contributed by atoms with Gasteiger partial charge >= 0.3 is 0 Å². The summed E-state index contributed by atoms with van der Waals surface area (Å²) in [6.45, 7) is 4.18. The highest BCUT2D eigenvalue weighted by Gasteiger charge is 2.30. The second-order valence-electron chi connectivity index (χ2n) is 8.55. The van der Waals surface area contributed by atoms with Gasteiger partial charge in [0.25, 0.3) is 0 Å². The van der Waals surface area contributed by atoms with E-state index < -0.39 is 10.0 Å². The molecular weight excluding hydrogens is 410 g/mol. The highest BCUT2D eigenvalue weighted by Crippen LogP contribution is 2.32. The maximum atomic E-state index is 13.0. The quantitative estimate of drug-likeness (QED) is 0.689. The Labute approximate surface area is 185 Å². The molecule has 0 unspecified atom stereocenters. The second kappa shape index (κ2) is 9.10. The van der Waals surface area contributed by atoms with E-state index in [-0.39, 0.29) is 11.9 Å². The third-order valence-corrected chi connectivity index (χ3v) is 8.42. The fourth-order valence-electron chi connectivity index (χ4n) is 4.47. The van der Waals surface area contributed by atoms with Gasteiger partial charge in [-0.2, -0.15) is 4.31 Å². The molecule has 1 fully saturated rings. The molecule has 0 saturated carbocycles. The summed E-state index contributed by atoms with van der Waals surface area (Å²) in [4.78, 5) is 17.2. The zero-order valence-electron chi connectivity index (χ0n) is 18.3. The van der Waals surface area contributed by atoms with Crippen LogP contribution in [-0.4, -0.2) is 56.8 Å². The highest BCUT2D eigenvalue weighted by atomic mass is 32.2. The van der Waals surface area contributed by atoms with Crippen molar-refractivity contribution in [1.29, 1.82) is 0 Å². The van der Waals surface area contributed by atoms with Crippen molar-refractivity contribution in [2.75, 3.05) is 38.1 Å². The molecule has 166 valence electrons. The molecule has 4 rings (SSSR count). The van der Waals surface area contributed by atoms with Crippen LogP contribution in [0.2, 0.25) is 0 Å². The minimum Gasteiger partial charge on any atom is -0.311 e. The molecule has 0 bridgehead atoms. The zero-order valence-corrected chi connectivity index (χ0v) is 19.1. The van der Waals surface area contributed by atoms with Crippen LogP contribution in [0.15, 0.2) is 53.4 Å².